The number of methoxy groups -OCH3 is 1. The second-order valence-electron chi connectivity index (χ2n) is 9.54. The number of H-pyrrole nitrogens is 1. The minimum Gasteiger partial charge on any atom is -0.453 e. The SMILES string of the molecule is COC(=O)N[C@H](C(=O)N1[C@@H]2C[C@@H]2C[C@H]1c1ncc(-c2ccc(-c3ccccc3)cc2)[nH]1)C(C)C. The van der Waals surface area contributed by atoms with Crippen molar-refractivity contribution < 1.29 is 14.3 Å². The maximum Gasteiger partial charge on any atom is 0.407 e. The zero-order valence-corrected chi connectivity index (χ0v) is 19.7. The van der Waals surface area contributed by atoms with Gasteiger partial charge in [0.15, 0.2) is 0 Å². The van der Waals surface area contributed by atoms with Crippen molar-refractivity contribution in [1.29, 1.82) is 0 Å². The van der Waals surface area contributed by atoms with E-state index in [9.17, 15) is 9.59 Å². The third-order valence-corrected chi connectivity index (χ3v) is 6.96. The van der Waals surface area contributed by atoms with E-state index < -0.39 is 12.1 Å². The van der Waals surface area contributed by atoms with Gasteiger partial charge in [0, 0.05) is 6.04 Å². The Balaban J connectivity index is 1.36. The number of alkyl carbamates (subject to hydrolysis) is 1. The molecule has 7 heteroatoms. The van der Waals surface area contributed by atoms with Crippen LogP contribution < -0.4 is 5.32 Å². The predicted octanol–water partition coefficient (Wildman–Crippen LogP) is 4.79. The van der Waals surface area contributed by atoms with Crippen LogP contribution in [-0.4, -0.2) is 46.1 Å². The van der Waals surface area contributed by atoms with E-state index in [-0.39, 0.29) is 23.9 Å². The highest BCUT2D eigenvalue weighted by molar-refractivity contribution is 5.87. The van der Waals surface area contributed by atoms with E-state index in [4.69, 9.17) is 4.74 Å². The first-order valence-electron chi connectivity index (χ1n) is 11.8. The Bertz CT molecular complexity index is 1170. The number of rotatable bonds is 6. The number of benzene rings is 2. The number of nitrogens with one attached hydrogen (secondary N) is 2. The molecule has 1 aliphatic heterocycles. The zero-order valence-electron chi connectivity index (χ0n) is 19.7. The van der Waals surface area contributed by atoms with E-state index >= 15 is 0 Å². The van der Waals surface area contributed by atoms with Gasteiger partial charge in [0.05, 0.1) is 25.0 Å². The van der Waals surface area contributed by atoms with Crippen LogP contribution in [0, 0.1) is 11.8 Å². The molecule has 0 unspecified atom stereocenters. The smallest absolute Gasteiger partial charge is 0.407 e. The fourth-order valence-corrected chi connectivity index (χ4v) is 5.00. The number of carbonyl (C=O) groups excluding carboxylic acids is 2. The van der Waals surface area contributed by atoms with Gasteiger partial charge < -0.3 is 19.9 Å². The number of imidazole rings is 1. The Morgan fingerprint density at radius 2 is 1.71 bits per heavy atom. The molecular weight excluding hydrogens is 428 g/mol. The summed E-state index contributed by atoms with van der Waals surface area (Å²) in [7, 11) is 1.31. The Labute approximate surface area is 199 Å². The molecule has 1 aromatic heterocycles. The lowest BCUT2D eigenvalue weighted by Crippen LogP contribution is -2.52. The van der Waals surface area contributed by atoms with Crippen LogP contribution in [0.25, 0.3) is 22.4 Å². The quantitative estimate of drug-likeness (QED) is 0.556. The summed E-state index contributed by atoms with van der Waals surface area (Å²) in [5.74, 6) is 1.17. The molecule has 2 heterocycles. The minimum atomic E-state index is -0.630. The molecule has 7 nitrogen and oxygen atoms in total. The van der Waals surface area contributed by atoms with E-state index in [1.807, 2.05) is 43.1 Å². The van der Waals surface area contributed by atoms with Crippen LogP contribution in [0.15, 0.2) is 60.8 Å². The number of amides is 2. The molecule has 1 aliphatic carbocycles. The topological polar surface area (TPSA) is 87.3 Å². The maximum absolute atomic E-state index is 13.5. The standard InChI is InChI=1S/C27H30N4O3/c1-16(2)24(30-27(33)34-3)26(32)31-22-13-20(22)14-23(31)25-28-15-21(29-25)19-11-9-18(10-12-19)17-7-5-4-6-8-17/h4-12,15-16,20,22-24H,13-14H2,1-3H3,(H,28,29)(H,30,33)/t20-,22-,23+,24+/m1/s1. The third-order valence-electron chi connectivity index (χ3n) is 6.96. The third kappa shape index (κ3) is 4.18. The van der Waals surface area contributed by atoms with E-state index in [0.717, 1.165) is 35.5 Å². The van der Waals surface area contributed by atoms with Gasteiger partial charge in [-0.15, -0.1) is 0 Å². The summed E-state index contributed by atoms with van der Waals surface area (Å²) >= 11 is 0. The van der Waals surface area contributed by atoms with E-state index in [0.29, 0.717) is 5.92 Å². The molecule has 5 rings (SSSR count). The van der Waals surface area contributed by atoms with Crippen LogP contribution in [0.3, 0.4) is 0 Å². The van der Waals surface area contributed by atoms with Gasteiger partial charge in [-0.25, -0.2) is 9.78 Å². The first kappa shape index (κ1) is 22.2. The highest BCUT2D eigenvalue weighted by atomic mass is 16.5. The molecule has 2 aromatic carbocycles. The number of aromatic nitrogens is 2. The van der Waals surface area contributed by atoms with Gasteiger partial charge in [-0.05, 0) is 41.4 Å². The number of ether oxygens (including phenoxy) is 1. The molecular formula is C27H30N4O3. The number of nitrogens with zero attached hydrogens (tertiary/aromatic N) is 2. The van der Waals surface area contributed by atoms with Gasteiger partial charge in [-0.3, -0.25) is 4.79 Å². The highest BCUT2D eigenvalue weighted by Crippen LogP contribution is 2.53. The van der Waals surface area contributed by atoms with Crippen LogP contribution in [0.2, 0.25) is 0 Å². The van der Waals surface area contributed by atoms with Gasteiger partial charge >= 0.3 is 6.09 Å². The lowest BCUT2D eigenvalue weighted by atomic mass is 10.0. The summed E-state index contributed by atoms with van der Waals surface area (Å²) in [5, 5.41) is 2.72. The molecule has 0 spiro atoms. The molecule has 176 valence electrons. The van der Waals surface area contributed by atoms with E-state index in [1.54, 1.807) is 0 Å². The second-order valence-corrected chi connectivity index (χ2v) is 9.54. The number of fused-ring (bicyclic) bond motifs is 1. The number of piperidine rings is 1. The van der Waals surface area contributed by atoms with Gasteiger partial charge in [-0.2, -0.15) is 0 Å². The number of carbonyl (C=O) groups is 2. The van der Waals surface area contributed by atoms with E-state index in [1.165, 1.54) is 12.7 Å². The molecule has 2 N–H and O–H groups in total. The summed E-state index contributed by atoms with van der Waals surface area (Å²) in [6, 6.07) is 18.1. The number of aromatic amines is 1. The maximum atomic E-state index is 13.5. The molecule has 2 fully saturated rings. The Morgan fingerprint density at radius 3 is 2.38 bits per heavy atom. The van der Waals surface area contributed by atoms with Crippen LogP contribution in [-0.2, 0) is 9.53 Å². The summed E-state index contributed by atoms with van der Waals surface area (Å²) in [6.07, 6.45) is 3.15. The van der Waals surface area contributed by atoms with Crippen molar-refractivity contribution in [3.63, 3.8) is 0 Å². The Kier molecular flexibility index (Phi) is 5.86. The van der Waals surface area contributed by atoms with Crippen LogP contribution in [0.5, 0.6) is 0 Å². The molecule has 2 amide bonds. The second kappa shape index (κ2) is 8.97. The largest absolute Gasteiger partial charge is 0.453 e. The lowest BCUT2D eigenvalue weighted by molar-refractivity contribution is -0.136. The van der Waals surface area contributed by atoms with Crippen molar-refractivity contribution in [3.05, 3.63) is 66.6 Å². The average molecular weight is 459 g/mol. The average Bonchev–Trinajstić information content (AvgIpc) is 3.28. The van der Waals surface area contributed by atoms with Crippen LogP contribution in [0.1, 0.15) is 38.6 Å². The van der Waals surface area contributed by atoms with Crippen molar-refractivity contribution in [3.8, 4) is 22.4 Å². The molecule has 0 bridgehead atoms. The molecule has 4 atom stereocenters. The fourth-order valence-electron chi connectivity index (χ4n) is 5.00. The highest BCUT2D eigenvalue weighted by Gasteiger charge is 2.56. The molecule has 0 radical (unpaired) electrons. The van der Waals surface area contributed by atoms with Crippen LogP contribution in [0.4, 0.5) is 4.79 Å². The van der Waals surface area contributed by atoms with Gasteiger partial charge in [0.2, 0.25) is 5.91 Å². The monoisotopic (exact) mass is 458 g/mol. The zero-order chi connectivity index (χ0) is 23.8. The molecule has 1 saturated heterocycles. The summed E-state index contributed by atoms with van der Waals surface area (Å²) in [5.41, 5.74) is 4.32. The van der Waals surface area contributed by atoms with Crippen molar-refractivity contribution in [2.45, 2.75) is 44.8 Å². The van der Waals surface area contributed by atoms with Crippen LogP contribution >= 0.6 is 0 Å². The predicted molar refractivity (Wildman–Crippen MR) is 130 cm³/mol. The first-order valence-corrected chi connectivity index (χ1v) is 11.8. The first-order chi connectivity index (χ1) is 16.5. The van der Waals surface area contributed by atoms with Crippen molar-refractivity contribution in [2.75, 3.05) is 7.11 Å². The summed E-state index contributed by atoms with van der Waals surface area (Å²) in [4.78, 5) is 35.4. The fraction of sp³-hybridized carbons (Fsp3) is 0.370. The number of hydrogen-bond donors (Lipinski definition) is 2. The van der Waals surface area contributed by atoms with E-state index in [2.05, 4.69) is 51.7 Å². The van der Waals surface area contributed by atoms with Crippen molar-refractivity contribution >= 4 is 12.0 Å². The number of likely N-dealkylation sites (tertiary alicyclic amines) is 1. The van der Waals surface area contributed by atoms with Crippen molar-refractivity contribution in [1.82, 2.24) is 20.2 Å². The molecule has 1 saturated carbocycles. The normalized spacial score (nSPS) is 21.8. The molecule has 2 aliphatic rings. The van der Waals surface area contributed by atoms with Gasteiger partial charge in [0.25, 0.3) is 0 Å². The molecule has 34 heavy (non-hydrogen) atoms. The Hall–Kier alpha value is -3.61. The lowest BCUT2D eigenvalue weighted by Gasteiger charge is -2.31. The molecule has 3 aromatic rings. The van der Waals surface area contributed by atoms with Gasteiger partial charge in [-0.1, -0.05) is 68.4 Å². The van der Waals surface area contributed by atoms with Gasteiger partial charge in [0.1, 0.15) is 11.9 Å². The summed E-state index contributed by atoms with van der Waals surface area (Å²) in [6.45, 7) is 3.86. The summed E-state index contributed by atoms with van der Waals surface area (Å²) < 4.78 is 4.74. The minimum absolute atomic E-state index is 0.0552. The Morgan fingerprint density at radius 1 is 1.03 bits per heavy atom. The number of hydrogen-bond acceptors (Lipinski definition) is 4. The van der Waals surface area contributed by atoms with Crippen molar-refractivity contribution in [2.24, 2.45) is 11.8 Å².